The van der Waals surface area contributed by atoms with Crippen molar-refractivity contribution in [2.24, 2.45) is 5.92 Å². The molecular weight excluding hydrogens is 292 g/mol. The van der Waals surface area contributed by atoms with Crippen molar-refractivity contribution < 1.29 is 4.79 Å². The van der Waals surface area contributed by atoms with Gasteiger partial charge >= 0.3 is 0 Å². The molecule has 1 aliphatic heterocycles. The zero-order chi connectivity index (χ0) is 14.8. The molecule has 7 heteroatoms. The van der Waals surface area contributed by atoms with E-state index in [4.69, 9.17) is 11.6 Å². The quantitative estimate of drug-likeness (QED) is 0.889. The van der Waals surface area contributed by atoms with Crippen LogP contribution in [0.3, 0.4) is 0 Å². The molecule has 1 saturated carbocycles. The first-order chi connectivity index (χ1) is 10.1. The van der Waals surface area contributed by atoms with Crippen LogP contribution in [0.1, 0.15) is 32.1 Å². The number of aromatic amines is 1. The predicted octanol–water partition coefficient (Wildman–Crippen LogP) is 1.63. The molecule has 0 radical (unpaired) electrons. The van der Waals surface area contributed by atoms with Crippen molar-refractivity contribution in [1.29, 1.82) is 0 Å². The lowest BCUT2D eigenvalue weighted by Gasteiger charge is -2.21. The van der Waals surface area contributed by atoms with Crippen LogP contribution < -0.4 is 10.9 Å². The second-order valence-corrected chi connectivity index (χ2v) is 6.20. The summed E-state index contributed by atoms with van der Waals surface area (Å²) in [6.07, 6.45) is 6.75. The summed E-state index contributed by atoms with van der Waals surface area (Å²) in [6.45, 7) is 1.43. The molecule has 1 amide bonds. The van der Waals surface area contributed by atoms with Crippen LogP contribution in [0.25, 0.3) is 0 Å². The largest absolute Gasteiger partial charge is 0.378 e. The Morgan fingerprint density at radius 1 is 1.38 bits per heavy atom. The van der Waals surface area contributed by atoms with E-state index in [1.54, 1.807) is 0 Å². The zero-order valence-electron chi connectivity index (χ0n) is 11.8. The summed E-state index contributed by atoms with van der Waals surface area (Å²) in [4.78, 5) is 25.7. The van der Waals surface area contributed by atoms with E-state index in [0.717, 1.165) is 25.8 Å². The molecular formula is C14H19ClN4O2. The fourth-order valence-electron chi connectivity index (χ4n) is 3.21. The summed E-state index contributed by atoms with van der Waals surface area (Å²) in [5.74, 6) is 0.500. The minimum absolute atomic E-state index is 0.116. The molecule has 0 aromatic carbocycles. The molecule has 2 aliphatic rings. The minimum atomic E-state index is -0.404. The molecule has 1 saturated heterocycles. The molecule has 3 rings (SSSR count). The molecule has 2 heterocycles. The topological polar surface area (TPSA) is 78.1 Å². The Morgan fingerprint density at radius 3 is 2.90 bits per heavy atom. The van der Waals surface area contributed by atoms with Gasteiger partial charge in [-0.3, -0.25) is 9.59 Å². The van der Waals surface area contributed by atoms with Crippen LogP contribution in [-0.2, 0) is 4.79 Å². The van der Waals surface area contributed by atoms with Gasteiger partial charge in [0.15, 0.2) is 0 Å². The summed E-state index contributed by atoms with van der Waals surface area (Å²) >= 11 is 5.95. The maximum atomic E-state index is 12.4. The van der Waals surface area contributed by atoms with Gasteiger partial charge in [-0.2, -0.15) is 5.10 Å². The molecule has 1 atom stereocenters. The predicted molar refractivity (Wildman–Crippen MR) is 80.4 cm³/mol. The van der Waals surface area contributed by atoms with Crippen molar-refractivity contribution in [2.45, 2.75) is 38.1 Å². The van der Waals surface area contributed by atoms with Crippen LogP contribution in [0.15, 0.2) is 11.0 Å². The fourth-order valence-corrected chi connectivity index (χ4v) is 3.36. The van der Waals surface area contributed by atoms with E-state index in [0.29, 0.717) is 12.2 Å². The van der Waals surface area contributed by atoms with Gasteiger partial charge in [0.05, 0.1) is 11.9 Å². The normalized spacial score (nSPS) is 22.7. The third-order valence-electron chi connectivity index (χ3n) is 4.36. The van der Waals surface area contributed by atoms with Crippen molar-refractivity contribution in [1.82, 2.24) is 15.1 Å². The highest BCUT2D eigenvalue weighted by Gasteiger charge is 2.32. The lowest BCUT2D eigenvalue weighted by atomic mass is 10.1. The minimum Gasteiger partial charge on any atom is -0.378 e. The number of carbonyl (C=O) groups excluding carboxylic acids is 1. The third-order valence-corrected chi connectivity index (χ3v) is 4.73. The third kappa shape index (κ3) is 3.05. The van der Waals surface area contributed by atoms with E-state index in [9.17, 15) is 9.59 Å². The highest BCUT2D eigenvalue weighted by molar-refractivity contribution is 6.32. The summed E-state index contributed by atoms with van der Waals surface area (Å²) in [6, 6.07) is 0.122. The SMILES string of the molecule is O=C(C1CCCC1)N1CCC(Nc2cn[nH]c(=O)c2Cl)C1. The van der Waals surface area contributed by atoms with E-state index in [2.05, 4.69) is 15.5 Å². The Balaban J connectivity index is 1.60. The van der Waals surface area contributed by atoms with Crippen molar-refractivity contribution in [3.63, 3.8) is 0 Å². The number of amides is 1. The van der Waals surface area contributed by atoms with Crippen LogP contribution in [0.5, 0.6) is 0 Å². The van der Waals surface area contributed by atoms with E-state index in [1.165, 1.54) is 19.0 Å². The number of hydrogen-bond acceptors (Lipinski definition) is 4. The summed E-state index contributed by atoms with van der Waals surface area (Å²) in [7, 11) is 0. The Kier molecular flexibility index (Phi) is 4.14. The Bertz CT molecular complexity index is 583. The average molecular weight is 311 g/mol. The van der Waals surface area contributed by atoms with Gasteiger partial charge < -0.3 is 10.2 Å². The first-order valence-electron chi connectivity index (χ1n) is 7.43. The molecule has 0 spiro atoms. The number of likely N-dealkylation sites (tertiary alicyclic amines) is 1. The second-order valence-electron chi connectivity index (χ2n) is 5.82. The summed E-state index contributed by atoms with van der Waals surface area (Å²) in [5.41, 5.74) is 0.124. The van der Waals surface area contributed by atoms with Crippen LogP contribution in [0, 0.1) is 5.92 Å². The van der Waals surface area contributed by atoms with E-state index < -0.39 is 5.56 Å². The maximum absolute atomic E-state index is 12.4. The van der Waals surface area contributed by atoms with Gasteiger partial charge in [-0.1, -0.05) is 24.4 Å². The summed E-state index contributed by atoms with van der Waals surface area (Å²) < 4.78 is 0. The highest BCUT2D eigenvalue weighted by atomic mass is 35.5. The van der Waals surface area contributed by atoms with Crippen molar-refractivity contribution in [2.75, 3.05) is 18.4 Å². The molecule has 1 aliphatic carbocycles. The number of H-pyrrole nitrogens is 1. The molecule has 1 aromatic rings. The number of nitrogens with one attached hydrogen (secondary N) is 2. The van der Waals surface area contributed by atoms with Crippen LogP contribution in [-0.4, -0.2) is 40.1 Å². The molecule has 6 nitrogen and oxygen atoms in total. The van der Waals surface area contributed by atoms with Crippen molar-refractivity contribution in [3.05, 3.63) is 21.6 Å². The van der Waals surface area contributed by atoms with E-state index >= 15 is 0 Å². The smallest absolute Gasteiger partial charge is 0.285 e. The first kappa shape index (κ1) is 14.4. The number of anilines is 1. The van der Waals surface area contributed by atoms with Crippen molar-refractivity contribution >= 4 is 23.2 Å². The molecule has 21 heavy (non-hydrogen) atoms. The van der Waals surface area contributed by atoms with Gasteiger partial charge in [0, 0.05) is 25.0 Å². The second kappa shape index (κ2) is 6.05. The van der Waals surface area contributed by atoms with Gasteiger partial charge in [-0.25, -0.2) is 5.10 Å². The van der Waals surface area contributed by atoms with Gasteiger partial charge in [0.2, 0.25) is 5.91 Å². The fraction of sp³-hybridized carbons (Fsp3) is 0.643. The lowest BCUT2D eigenvalue weighted by molar-refractivity contribution is -0.134. The van der Waals surface area contributed by atoms with Gasteiger partial charge in [0.25, 0.3) is 5.56 Å². The van der Waals surface area contributed by atoms with Crippen molar-refractivity contribution in [3.8, 4) is 0 Å². The maximum Gasteiger partial charge on any atom is 0.285 e. The standard InChI is InChI=1S/C14H19ClN4O2/c15-12-11(7-16-18-13(12)20)17-10-5-6-19(8-10)14(21)9-3-1-2-4-9/h7,9-10H,1-6,8H2,(H2,17,18,20). The Hall–Kier alpha value is -1.56. The van der Waals surface area contributed by atoms with E-state index in [-0.39, 0.29) is 22.9 Å². The lowest BCUT2D eigenvalue weighted by Crippen LogP contribution is -2.35. The van der Waals surface area contributed by atoms with Crippen LogP contribution >= 0.6 is 11.6 Å². The number of rotatable bonds is 3. The number of hydrogen-bond donors (Lipinski definition) is 2. The Morgan fingerprint density at radius 2 is 2.14 bits per heavy atom. The summed E-state index contributed by atoms with van der Waals surface area (Å²) in [5, 5.41) is 9.36. The average Bonchev–Trinajstić information content (AvgIpc) is 3.15. The molecule has 2 N–H and O–H groups in total. The number of aromatic nitrogens is 2. The first-order valence-corrected chi connectivity index (χ1v) is 7.81. The number of nitrogens with zero attached hydrogens (tertiary/aromatic N) is 2. The number of halogens is 1. The van der Waals surface area contributed by atoms with Gasteiger partial charge in [-0.15, -0.1) is 0 Å². The van der Waals surface area contributed by atoms with Gasteiger partial charge in [-0.05, 0) is 19.3 Å². The van der Waals surface area contributed by atoms with Gasteiger partial charge in [0.1, 0.15) is 5.02 Å². The van der Waals surface area contributed by atoms with E-state index in [1.807, 2.05) is 4.90 Å². The zero-order valence-corrected chi connectivity index (χ0v) is 12.5. The molecule has 1 unspecified atom stereocenters. The Labute approximate surface area is 127 Å². The molecule has 2 fully saturated rings. The molecule has 114 valence electrons. The number of carbonyl (C=O) groups is 1. The monoisotopic (exact) mass is 310 g/mol. The highest BCUT2D eigenvalue weighted by Crippen LogP contribution is 2.28. The van der Waals surface area contributed by atoms with Crippen LogP contribution in [0.2, 0.25) is 5.02 Å². The van der Waals surface area contributed by atoms with Crippen LogP contribution in [0.4, 0.5) is 5.69 Å². The molecule has 0 bridgehead atoms. The molecule has 1 aromatic heterocycles.